The van der Waals surface area contributed by atoms with E-state index in [1.807, 2.05) is 12.1 Å². The fourth-order valence-corrected chi connectivity index (χ4v) is 1.69. The van der Waals surface area contributed by atoms with Crippen LogP contribution >= 0.6 is 11.6 Å². The summed E-state index contributed by atoms with van der Waals surface area (Å²) in [6.07, 6.45) is 2.62. The molecular weight excluding hydrogens is 170 g/mol. The second-order valence-corrected chi connectivity index (χ2v) is 3.50. The first-order valence-electron chi connectivity index (χ1n) is 4.28. The van der Waals surface area contributed by atoms with Crippen molar-refractivity contribution in [1.82, 2.24) is 0 Å². The summed E-state index contributed by atoms with van der Waals surface area (Å²) < 4.78 is 0. The minimum atomic E-state index is 0.693. The molecule has 1 fully saturated rings. The molecule has 0 N–H and O–H groups in total. The Bertz CT molecular complexity index is 249. The van der Waals surface area contributed by atoms with Crippen LogP contribution in [0.4, 0.5) is 5.69 Å². The van der Waals surface area contributed by atoms with Crippen molar-refractivity contribution in [1.29, 1.82) is 0 Å². The van der Waals surface area contributed by atoms with Crippen LogP contribution in [0.3, 0.4) is 0 Å². The van der Waals surface area contributed by atoms with E-state index in [2.05, 4.69) is 17.0 Å². The summed E-state index contributed by atoms with van der Waals surface area (Å²) in [5.74, 6) is 0. The predicted octanol–water partition coefficient (Wildman–Crippen LogP) is 2.74. The van der Waals surface area contributed by atoms with Crippen molar-refractivity contribution in [3.8, 4) is 0 Å². The van der Waals surface area contributed by atoms with Crippen LogP contribution in [0.25, 0.3) is 0 Å². The van der Waals surface area contributed by atoms with Gasteiger partial charge in [0.05, 0.1) is 0 Å². The number of anilines is 1. The van der Waals surface area contributed by atoms with Gasteiger partial charge in [0.25, 0.3) is 0 Å². The lowest BCUT2D eigenvalue weighted by Crippen LogP contribution is -2.17. The molecule has 63 valence electrons. The van der Waals surface area contributed by atoms with Gasteiger partial charge in [-0.3, -0.25) is 0 Å². The van der Waals surface area contributed by atoms with Crippen LogP contribution in [0.5, 0.6) is 0 Å². The van der Waals surface area contributed by atoms with Crippen LogP contribution in [0.2, 0.25) is 5.02 Å². The molecule has 1 aromatic carbocycles. The average Bonchev–Trinajstić information content (AvgIpc) is 2.58. The average molecular weight is 181 g/mol. The smallest absolute Gasteiger partial charge is 0.0486 e. The number of halogens is 1. The van der Waals surface area contributed by atoms with E-state index in [0.29, 0.717) is 5.02 Å². The zero-order chi connectivity index (χ0) is 8.39. The van der Waals surface area contributed by atoms with Gasteiger partial charge in [-0.25, -0.2) is 0 Å². The van der Waals surface area contributed by atoms with Crippen LogP contribution in [-0.2, 0) is 0 Å². The maximum atomic E-state index is 5.74. The summed E-state index contributed by atoms with van der Waals surface area (Å²) in [6.45, 7) is 2.35. The normalized spacial score (nSPS) is 16.9. The molecule has 2 rings (SSSR count). The molecule has 0 unspecified atom stereocenters. The van der Waals surface area contributed by atoms with Crippen LogP contribution < -0.4 is 4.90 Å². The van der Waals surface area contributed by atoms with Crippen molar-refractivity contribution in [2.24, 2.45) is 0 Å². The van der Waals surface area contributed by atoms with Gasteiger partial charge in [-0.15, -0.1) is 0 Å². The van der Waals surface area contributed by atoms with E-state index < -0.39 is 0 Å². The highest BCUT2D eigenvalue weighted by molar-refractivity contribution is 6.30. The highest BCUT2D eigenvalue weighted by Gasteiger charge is 2.11. The monoisotopic (exact) mass is 180 g/mol. The molecule has 0 bridgehead atoms. The Morgan fingerprint density at radius 1 is 1.25 bits per heavy atom. The van der Waals surface area contributed by atoms with Crippen molar-refractivity contribution in [3.63, 3.8) is 0 Å². The van der Waals surface area contributed by atoms with Gasteiger partial charge < -0.3 is 4.90 Å². The molecule has 1 saturated heterocycles. The van der Waals surface area contributed by atoms with E-state index >= 15 is 0 Å². The fraction of sp³-hybridized carbons (Fsp3) is 0.400. The molecule has 0 saturated carbocycles. The highest BCUT2D eigenvalue weighted by atomic mass is 35.5. The Morgan fingerprint density at radius 2 is 2.00 bits per heavy atom. The number of rotatable bonds is 1. The van der Waals surface area contributed by atoms with Crippen molar-refractivity contribution in [3.05, 3.63) is 29.3 Å². The minimum absolute atomic E-state index is 0.693. The molecule has 0 atom stereocenters. The molecule has 0 spiro atoms. The van der Waals surface area contributed by atoms with E-state index in [0.717, 1.165) is 0 Å². The lowest BCUT2D eigenvalue weighted by Gasteiger charge is -2.16. The van der Waals surface area contributed by atoms with Gasteiger partial charge >= 0.3 is 0 Å². The Kier molecular flexibility index (Phi) is 2.22. The summed E-state index contributed by atoms with van der Waals surface area (Å²) in [5.41, 5.74) is 1.25. The first-order valence-corrected chi connectivity index (χ1v) is 4.66. The Labute approximate surface area is 77.9 Å². The molecule has 12 heavy (non-hydrogen) atoms. The van der Waals surface area contributed by atoms with E-state index in [1.165, 1.54) is 31.6 Å². The molecule has 2 heteroatoms. The molecule has 1 aromatic rings. The summed E-state index contributed by atoms with van der Waals surface area (Å²) in [6, 6.07) is 8.92. The van der Waals surface area contributed by atoms with Crippen LogP contribution in [-0.4, -0.2) is 13.1 Å². The Hall–Kier alpha value is -0.690. The number of nitrogens with zero attached hydrogens (tertiary/aromatic N) is 1. The van der Waals surface area contributed by atoms with Crippen molar-refractivity contribution in [2.75, 3.05) is 18.0 Å². The van der Waals surface area contributed by atoms with E-state index in [1.54, 1.807) is 0 Å². The maximum absolute atomic E-state index is 5.74. The SMILES string of the molecule is Clc1[c]cc(N2CCCC2)cc1. The van der Waals surface area contributed by atoms with Gasteiger partial charge in [-0.05, 0) is 31.0 Å². The quantitative estimate of drug-likeness (QED) is 0.643. The standard InChI is InChI=1S/C10H11ClN/c11-9-3-5-10(6-4-9)12-7-1-2-8-12/h3,5-6H,1-2,7-8H2. The summed E-state index contributed by atoms with van der Waals surface area (Å²) in [4.78, 5) is 2.37. The van der Waals surface area contributed by atoms with Crippen LogP contribution in [0, 0.1) is 6.07 Å². The van der Waals surface area contributed by atoms with Gasteiger partial charge in [0.15, 0.2) is 0 Å². The molecule has 1 nitrogen and oxygen atoms in total. The topological polar surface area (TPSA) is 3.24 Å². The third-order valence-corrected chi connectivity index (χ3v) is 2.46. The summed E-state index contributed by atoms with van der Waals surface area (Å²) >= 11 is 5.74. The zero-order valence-corrected chi connectivity index (χ0v) is 7.64. The maximum Gasteiger partial charge on any atom is 0.0486 e. The van der Waals surface area contributed by atoms with Crippen molar-refractivity contribution >= 4 is 17.3 Å². The van der Waals surface area contributed by atoms with E-state index in [-0.39, 0.29) is 0 Å². The van der Waals surface area contributed by atoms with Crippen LogP contribution in [0.15, 0.2) is 18.2 Å². The van der Waals surface area contributed by atoms with E-state index in [9.17, 15) is 0 Å². The molecule has 0 aliphatic carbocycles. The third-order valence-electron chi connectivity index (χ3n) is 2.23. The Morgan fingerprint density at radius 3 is 2.58 bits per heavy atom. The minimum Gasteiger partial charge on any atom is -0.372 e. The van der Waals surface area contributed by atoms with E-state index in [4.69, 9.17) is 11.6 Å². The van der Waals surface area contributed by atoms with Gasteiger partial charge in [-0.2, -0.15) is 0 Å². The number of hydrogen-bond donors (Lipinski definition) is 0. The molecule has 1 radical (unpaired) electrons. The lowest BCUT2D eigenvalue weighted by atomic mass is 10.3. The van der Waals surface area contributed by atoms with Gasteiger partial charge in [0.2, 0.25) is 0 Å². The molecule has 0 amide bonds. The first-order chi connectivity index (χ1) is 5.86. The summed E-state index contributed by atoms with van der Waals surface area (Å²) in [7, 11) is 0. The number of benzene rings is 1. The second-order valence-electron chi connectivity index (χ2n) is 3.09. The zero-order valence-electron chi connectivity index (χ0n) is 6.89. The number of hydrogen-bond acceptors (Lipinski definition) is 1. The molecule has 1 aliphatic heterocycles. The predicted molar refractivity (Wildman–Crippen MR) is 51.7 cm³/mol. The highest BCUT2D eigenvalue weighted by Crippen LogP contribution is 2.21. The molecule has 1 aliphatic rings. The van der Waals surface area contributed by atoms with Crippen molar-refractivity contribution < 1.29 is 0 Å². The molecule has 1 heterocycles. The first kappa shape index (κ1) is 7.93. The Balaban J connectivity index is 2.17. The largest absolute Gasteiger partial charge is 0.372 e. The van der Waals surface area contributed by atoms with Crippen molar-refractivity contribution in [2.45, 2.75) is 12.8 Å². The lowest BCUT2D eigenvalue weighted by molar-refractivity contribution is 0.949. The fourth-order valence-electron chi connectivity index (χ4n) is 1.57. The van der Waals surface area contributed by atoms with Crippen LogP contribution in [0.1, 0.15) is 12.8 Å². The molecular formula is C10H11ClN. The molecule has 0 aromatic heterocycles. The summed E-state index contributed by atoms with van der Waals surface area (Å²) in [5, 5.41) is 0.693. The third kappa shape index (κ3) is 1.56. The van der Waals surface area contributed by atoms with Gasteiger partial charge in [-0.1, -0.05) is 11.6 Å². The van der Waals surface area contributed by atoms with Gasteiger partial charge in [0, 0.05) is 29.9 Å². The van der Waals surface area contributed by atoms with Gasteiger partial charge in [0.1, 0.15) is 0 Å². The second kappa shape index (κ2) is 3.36.